The van der Waals surface area contributed by atoms with Gasteiger partial charge in [0.25, 0.3) is 5.69 Å². The largest absolute Gasteiger partial charge is 0.481 e. The smallest absolute Gasteiger partial charge is 0.312 e. The number of carbonyl (C=O) groups is 1. The number of nitro benzene ring substituents is 1. The molecule has 106 valence electrons. The minimum atomic E-state index is -0.868. The molecule has 1 heterocycles. The minimum absolute atomic E-state index is 0.00668. The van der Waals surface area contributed by atoms with Crippen LogP contribution in [0.5, 0.6) is 0 Å². The number of non-ortho nitro benzene ring substituents is 1. The molecule has 1 N–H and O–H groups in total. The van der Waals surface area contributed by atoms with Crippen LogP contribution in [0.4, 0.5) is 5.69 Å². The molecule has 0 amide bonds. The fraction of sp³-hybridized carbons (Fsp3) is 0.357. The standard InChI is InChI=1S/C14H16N2O4/c1-2-15-8-7-12(13(9-15)14(17)18)10-3-5-11(6-4-10)16(19)20/h3-7,13H,2,8-9H2,1H3,(H,17,18). The number of hydrogen-bond acceptors (Lipinski definition) is 4. The van der Waals surface area contributed by atoms with Gasteiger partial charge in [0.2, 0.25) is 0 Å². The maximum absolute atomic E-state index is 11.4. The summed E-state index contributed by atoms with van der Waals surface area (Å²) in [7, 11) is 0. The second-order valence-corrected chi connectivity index (χ2v) is 4.71. The second kappa shape index (κ2) is 5.83. The van der Waals surface area contributed by atoms with E-state index >= 15 is 0 Å². The van der Waals surface area contributed by atoms with Crippen LogP contribution >= 0.6 is 0 Å². The highest BCUT2D eigenvalue weighted by Gasteiger charge is 2.28. The minimum Gasteiger partial charge on any atom is -0.481 e. The lowest BCUT2D eigenvalue weighted by Gasteiger charge is -2.30. The van der Waals surface area contributed by atoms with Crippen LogP contribution in [-0.2, 0) is 4.79 Å². The lowest BCUT2D eigenvalue weighted by Crippen LogP contribution is -2.37. The number of aliphatic carboxylic acids is 1. The van der Waals surface area contributed by atoms with Crippen LogP contribution < -0.4 is 0 Å². The van der Waals surface area contributed by atoms with E-state index in [1.807, 2.05) is 17.9 Å². The molecule has 2 rings (SSSR count). The van der Waals surface area contributed by atoms with Crippen molar-refractivity contribution in [3.8, 4) is 0 Å². The third-order valence-electron chi connectivity index (χ3n) is 3.54. The highest BCUT2D eigenvalue weighted by molar-refractivity contribution is 5.88. The number of nitro groups is 1. The summed E-state index contributed by atoms with van der Waals surface area (Å²) >= 11 is 0. The summed E-state index contributed by atoms with van der Waals surface area (Å²) in [6.45, 7) is 3.96. The van der Waals surface area contributed by atoms with E-state index in [1.165, 1.54) is 12.1 Å². The van der Waals surface area contributed by atoms with Crippen LogP contribution in [0.25, 0.3) is 5.57 Å². The number of carboxylic acids is 1. The van der Waals surface area contributed by atoms with Crippen molar-refractivity contribution in [1.82, 2.24) is 4.90 Å². The topological polar surface area (TPSA) is 83.7 Å². The summed E-state index contributed by atoms with van der Waals surface area (Å²) in [4.78, 5) is 23.6. The zero-order valence-corrected chi connectivity index (χ0v) is 11.2. The molecular weight excluding hydrogens is 260 g/mol. The Morgan fingerprint density at radius 3 is 2.60 bits per heavy atom. The molecule has 0 radical (unpaired) electrons. The van der Waals surface area contributed by atoms with E-state index in [2.05, 4.69) is 0 Å². The number of likely N-dealkylation sites (N-methyl/N-ethyl adjacent to an activating group) is 1. The average Bonchev–Trinajstić information content (AvgIpc) is 2.46. The molecule has 0 bridgehead atoms. The van der Waals surface area contributed by atoms with E-state index in [0.29, 0.717) is 13.1 Å². The average molecular weight is 276 g/mol. The summed E-state index contributed by atoms with van der Waals surface area (Å²) < 4.78 is 0. The van der Waals surface area contributed by atoms with Gasteiger partial charge in [-0.1, -0.05) is 13.0 Å². The molecule has 6 heteroatoms. The Kier molecular flexibility index (Phi) is 4.14. The predicted molar refractivity (Wildman–Crippen MR) is 74.3 cm³/mol. The van der Waals surface area contributed by atoms with Crippen molar-refractivity contribution in [2.24, 2.45) is 5.92 Å². The summed E-state index contributed by atoms with van der Waals surface area (Å²) in [6, 6.07) is 6.03. The van der Waals surface area contributed by atoms with E-state index in [4.69, 9.17) is 0 Å². The number of nitrogens with zero attached hydrogens (tertiary/aromatic N) is 2. The van der Waals surface area contributed by atoms with E-state index < -0.39 is 16.8 Å². The van der Waals surface area contributed by atoms with Crippen LogP contribution in [0.15, 0.2) is 30.3 Å². The van der Waals surface area contributed by atoms with Crippen LogP contribution in [0, 0.1) is 16.0 Å². The summed E-state index contributed by atoms with van der Waals surface area (Å²) in [5.74, 6) is -1.46. The quantitative estimate of drug-likeness (QED) is 0.671. The molecule has 1 atom stereocenters. The second-order valence-electron chi connectivity index (χ2n) is 4.71. The zero-order valence-electron chi connectivity index (χ0n) is 11.2. The Balaban J connectivity index is 2.31. The molecule has 0 saturated carbocycles. The molecule has 20 heavy (non-hydrogen) atoms. The fourth-order valence-electron chi connectivity index (χ4n) is 2.36. The molecule has 0 aliphatic carbocycles. The molecule has 0 spiro atoms. The third kappa shape index (κ3) is 2.85. The number of rotatable bonds is 4. The molecule has 1 unspecified atom stereocenters. The van der Waals surface area contributed by atoms with Crippen LogP contribution in [0.2, 0.25) is 0 Å². The van der Waals surface area contributed by atoms with Crippen LogP contribution in [-0.4, -0.2) is 40.5 Å². The Bertz CT molecular complexity index is 551. The third-order valence-corrected chi connectivity index (χ3v) is 3.54. The van der Waals surface area contributed by atoms with Gasteiger partial charge in [-0.3, -0.25) is 19.8 Å². The Hall–Kier alpha value is -2.21. The van der Waals surface area contributed by atoms with E-state index in [0.717, 1.165) is 17.7 Å². The molecule has 6 nitrogen and oxygen atoms in total. The van der Waals surface area contributed by atoms with Gasteiger partial charge >= 0.3 is 5.97 Å². The lowest BCUT2D eigenvalue weighted by atomic mass is 9.89. The first-order valence-electron chi connectivity index (χ1n) is 6.43. The van der Waals surface area contributed by atoms with Gasteiger partial charge < -0.3 is 5.11 Å². The van der Waals surface area contributed by atoms with E-state index in [-0.39, 0.29) is 5.69 Å². The first-order chi connectivity index (χ1) is 9.52. The van der Waals surface area contributed by atoms with Crippen molar-refractivity contribution in [2.75, 3.05) is 19.6 Å². The van der Waals surface area contributed by atoms with Gasteiger partial charge in [-0.25, -0.2) is 0 Å². The molecule has 0 fully saturated rings. The van der Waals surface area contributed by atoms with Gasteiger partial charge in [0, 0.05) is 25.2 Å². The zero-order chi connectivity index (χ0) is 14.7. The molecule has 1 aliphatic rings. The van der Waals surface area contributed by atoms with Gasteiger partial charge in [0.1, 0.15) is 0 Å². The summed E-state index contributed by atoms with van der Waals surface area (Å²) in [5.41, 5.74) is 1.48. The highest BCUT2D eigenvalue weighted by Crippen LogP contribution is 2.29. The maximum atomic E-state index is 11.4. The first kappa shape index (κ1) is 14.2. The molecule has 1 aliphatic heterocycles. The summed E-state index contributed by atoms with van der Waals surface area (Å²) in [5, 5.41) is 20.0. The van der Waals surface area contributed by atoms with Crippen molar-refractivity contribution >= 4 is 17.2 Å². The predicted octanol–water partition coefficient (Wildman–Crippen LogP) is 2.01. The lowest BCUT2D eigenvalue weighted by molar-refractivity contribution is -0.384. The number of hydrogen-bond donors (Lipinski definition) is 1. The molecule has 0 saturated heterocycles. The normalized spacial score (nSPS) is 19.4. The Labute approximate surface area is 116 Å². The van der Waals surface area contributed by atoms with Gasteiger partial charge in [-0.2, -0.15) is 0 Å². The molecule has 1 aromatic rings. The van der Waals surface area contributed by atoms with Gasteiger partial charge in [-0.05, 0) is 29.8 Å². The van der Waals surface area contributed by atoms with Gasteiger partial charge in [-0.15, -0.1) is 0 Å². The van der Waals surface area contributed by atoms with Crippen molar-refractivity contribution in [3.63, 3.8) is 0 Å². The van der Waals surface area contributed by atoms with Gasteiger partial charge in [0.15, 0.2) is 0 Å². The van der Waals surface area contributed by atoms with Crippen molar-refractivity contribution in [3.05, 3.63) is 46.0 Å². The van der Waals surface area contributed by atoms with Gasteiger partial charge in [0.05, 0.1) is 10.8 Å². The first-order valence-corrected chi connectivity index (χ1v) is 6.43. The number of benzene rings is 1. The number of carboxylic acid groups (broad SMARTS) is 1. The fourth-order valence-corrected chi connectivity index (χ4v) is 2.36. The monoisotopic (exact) mass is 276 g/mol. The summed E-state index contributed by atoms with van der Waals surface area (Å²) in [6.07, 6.45) is 1.90. The van der Waals surface area contributed by atoms with Crippen LogP contribution in [0.1, 0.15) is 12.5 Å². The Morgan fingerprint density at radius 2 is 2.10 bits per heavy atom. The van der Waals surface area contributed by atoms with Crippen molar-refractivity contribution in [2.45, 2.75) is 6.92 Å². The Morgan fingerprint density at radius 1 is 1.45 bits per heavy atom. The molecule has 1 aromatic carbocycles. The van der Waals surface area contributed by atoms with Crippen molar-refractivity contribution in [1.29, 1.82) is 0 Å². The van der Waals surface area contributed by atoms with E-state index in [1.54, 1.807) is 12.1 Å². The van der Waals surface area contributed by atoms with Crippen LogP contribution in [0.3, 0.4) is 0 Å². The van der Waals surface area contributed by atoms with E-state index in [9.17, 15) is 20.0 Å². The van der Waals surface area contributed by atoms with Crippen molar-refractivity contribution < 1.29 is 14.8 Å². The maximum Gasteiger partial charge on any atom is 0.312 e. The molecule has 0 aromatic heterocycles. The SMILES string of the molecule is CCN1CC=C(c2ccc([N+](=O)[O-])cc2)C(C(=O)O)C1. The highest BCUT2D eigenvalue weighted by atomic mass is 16.6. The molecular formula is C14H16N2O4.